The van der Waals surface area contributed by atoms with Crippen molar-refractivity contribution < 1.29 is 17.6 Å². The summed E-state index contributed by atoms with van der Waals surface area (Å²) in [5, 5.41) is 3.11. The molecule has 0 aromatic carbocycles. The molecule has 1 aliphatic heterocycles. The van der Waals surface area contributed by atoms with Crippen LogP contribution in [0.2, 0.25) is 0 Å². The molecule has 1 aliphatic rings. The number of halogens is 4. The number of hydrogen-bond acceptors (Lipinski definition) is 2. The number of hydrogen-bond donors (Lipinski definition) is 1. The molecule has 6 heteroatoms. The van der Waals surface area contributed by atoms with E-state index in [0.29, 0.717) is 25.1 Å². The Bertz CT molecular complexity index is 397. The first kappa shape index (κ1) is 12.3. The molecule has 2 nitrogen and oxygen atoms in total. The molecule has 2 rings (SSSR count). The summed E-state index contributed by atoms with van der Waals surface area (Å²) in [6.45, 7) is 1.49. The van der Waals surface area contributed by atoms with Gasteiger partial charge in [0.25, 0.3) is 0 Å². The fourth-order valence-corrected chi connectivity index (χ4v) is 2.00. The summed E-state index contributed by atoms with van der Waals surface area (Å²) in [6.07, 6.45) is -2.43. The van der Waals surface area contributed by atoms with Crippen molar-refractivity contribution in [3.05, 3.63) is 29.3 Å². The topological polar surface area (TPSA) is 24.9 Å². The molecule has 1 fully saturated rings. The van der Waals surface area contributed by atoms with Crippen molar-refractivity contribution in [1.29, 1.82) is 0 Å². The van der Waals surface area contributed by atoms with Gasteiger partial charge in [-0.05, 0) is 32.0 Å². The normalized spacial score (nSPS) is 18.4. The lowest BCUT2D eigenvalue weighted by Crippen LogP contribution is -2.27. The SMILES string of the molecule is Fc1cc(C(F)(F)F)cnc1C1CCNCC1. The van der Waals surface area contributed by atoms with Crippen LogP contribution in [0.25, 0.3) is 0 Å². The highest BCUT2D eigenvalue weighted by Gasteiger charge is 2.32. The van der Waals surface area contributed by atoms with Crippen LogP contribution in [0.1, 0.15) is 30.0 Å². The Morgan fingerprint density at radius 1 is 1.24 bits per heavy atom. The molecule has 1 saturated heterocycles. The highest BCUT2D eigenvalue weighted by atomic mass is 19.4. The lowest BCUT2D eigenvalue weighted by Gasteiger charge is -2.22. The first-order valence-corrected chi connectivity index (χ1v) is 5.42. The van der Waals surface area contributed by atoms with Gasteiger partial charge < -0.3 is 5.32 Å². The van der Waals surface area contributed by atoms with Crippen LogP contribution in [0.3, 0.4) is 0 Å². The fourth-order valence-electron chi connectivity index (χ4n) is 2.00. The number of nitrogens with zero attached hydrogens (tertiary/aromatic N) is 1. The van der Waals surface area contributed by atoms with Crippen molar-refractivity contribution in [3.8, 4) is 0 Å². The molecular formula is C11H12F4N2. The molecule has 2 heterocycles. The maximum atomic E-state index is 13.6. The molecule has 0 unspecified atom stereocenters. The van der Waals surface area contributed by atoms with E-state index in [2.05, 4.69) is 10.3 Å². The molecule has 94 valence electrons. The Morgan fingerprint density at radius 3 is 2.41 bits per heavy atom. The second-order valence-electron chi connectivity index (χ2n) is 4.11. The van der Waals surface area contributed by atoms with Gasteiger partial charge in [0.05, 0.1) is 11.3 Å². The van der Waals surface area contributed by atoms with E-state index in [-0.39, 0.29) is 11.6 Å². The minimum atomic E-state index is -4.54. The minimum absolute atomic E-state index is 0.0847. The van der Waals surface area contributed by atoms with E-state index >= 15 is 0 Å². The molecule has 0 bridgehead atoms. The third-order valence-electron chi connectivity index (χ3n) is 2.92. The van der Waals surface area contributed by atoms with Gasteiger partial charge in [0.15, 0.2) is 0 Å². The maximum Gasteiger partial charge on any atom is 0.417 e. The van der Waals surface area contributed by atoms with E-state index in [4.69, 9.17) is 0 Å². The average Bonchev–Trinajstić information content (AvgIpc) is 2.29. The third-order valence-corrected chi connectivity index (χ3v) is 2.92. The van der Waals surface area contributed by atoms with Gasteiger partial charge in [-0.3, -0.25) is 4.98 Å². The van der Waals surface area contributed by atoms with E-state index in [1.807, 2.05) is 0 Å². The molecule has 0 atom stereocenters. The van der Waals surface area contributed by atoms with Crippen molar-refractivity contribution in [1.82, 2.24) is 10.3 Å². The predicted molar refractivity (Wildman–Crippen MR) is 54.0 cm³/mol. The zero-order valence-corrected chi connectivity index (χ0v) is 9.02. The second-order valence-corrected chi connectivity index (χ2v) is 4.11. The third kappa shape index (κ3) is 2.74. The molecule has 1 aromatic rings. The summed E-state index contributed by atoms with van der Waals surface area (Å²) in [5.74, 6) is -0.940. The Labute approximate surface area is 96.0 Å². The molecule has 0 spiro atoms. The molecule has 17 heavy (non-hydrogen) atoms. The standard InChI is InChI=1S/C11H12F4N2/c12-9-5-8(11(13,14)15)6-17-10(9)7-1-3-16-4-2-7/h5-7,16H,1-4H2. The van der Waals surface area contributed by atoms with Crippen LogP contribution >= 0.6 is 0 Å². The van der Waals surface area contributed by atoms with Crippen molar-refractivity contribution in [3.63, 3.8) is 0 Å². The Morgan fingerprint density at radius 2 is 1.88 bits per heavy atom. The summed E-state index contributed by atoms with van der Waals surface area (Å²) in [5.41, 5.74) is -0.882. The fraction of sp³-hybridized carbons (Fsp3) is 0.545. The summed E-state index contributed by atoms with van der Waals surface area (Å²) in [7, 11) is 0. The smallest absolute Gasteiger partial charge is 0.317 e. The molecule has 1 N–H and O–H groups in total. The van der Waals surface area contributed by atoms with Crippen LogP contribution in [0.15, 0.2) is 12.3 Å². The number of rotatable bonds is 1. The Kier molecular flexibility index (Phi) is 3.33. The summed E-state index contributed by atoms with van der Waals surface area (Å²) in [6, 6.07) is 0.532. The van der Waals surface area contributed by atoms with Crippen molar-refractivity contribution in [2.45, 2.75) is 24.9 Å². The first-order valence-electron chi connectivity index (χ1n) is 5.42. The molecule has 1 aromatic heterocycles. The van der Waals surface area contributed by atoms with Crippen LogP contribution < -0.4 is 5.32 Å². The van der Waals surface area contributed by atoms with Gasteiger partial charge >= 0.3 is 6.18 Å². The molecular weight excluding hydrogens is 236 g/mol. The average molecular weight is 248 g/mol. The van der Waals surface area contributed by atoms with Gasteiger partial charge in [-0.15, -0.1) is 0 Å². The zero-order chi connectivity index (χ0) is 12.5. The maximum absolute atomic E-state index is 13.6. The summed E-state index contributed by atoms with van der Waals surface area (Å²) in [4.78, 5) is 3.65. The zero-order valence-electron chi connectivity index (χ0n) is 9.02. The van der Waals surface area contributed by atoms with Gasteiger partial charge in [0, 0.05) is 12.1 Å². The second kappa shape index (κ2) is 4.60. The highest BCUT2D eigenvalue weighted by Crippen LogP contribution is 2.32. The lowest BCUT2D eigenvalue weighted by atomic mass is 9.93. The van der Waals surface area contributed by atoms with Crippen LogP contribution in [0, 0.1) is 5.82 Å². The van der Waals surface area contributed by atoms with Crippen molar-refractivity contribution in [2.24, 2.45) is 0 Å². The van der Waals surface area contributed by atoms with E-state index in [1.54, 1.807) is 0 Å². The lowest BCUT2D eigenvalue weighted by molar-refractivity contribution is -0.138. The van der Waals surface area contributed by atoms with Gasteiger partial charge in [-0.1, -0.05) is 0 Å². The number of nitrogens with one attached hydrogen (secondary N) is 1. The van der Waals surface area contributed by atoms with Gasteiger partial charge in [-0.2, -0.15) is 13.2 Å². The molecule has 0 aliphatic carbocycles. The van der Waals surface area contributed by atoms with Gasteiger partial charge in [0.2, 0.25) is 0 Å². The van der Waals surface area contributed by atoms with Crippen LogP contribution in [-0.4, -0.2) is 18.1 Å². The van der Waals surface area contributed by atoms with E-state index in [9.17, 15) is 17.6 Å². The Balaban J connectivity index is 2.25. The summed E-state index contributed by atoms with van der Waals surface area (Å²) < 4.78 is 50.6. The minimum Gasteiger partial charge on any atom is -0.317 e. The summed E-state index contributed by atoms with van der Waals surface area (Å²) >= 11 is 0. The number of aromatic nitrogens is 1. The van der Waals surface area contributed by atoms with E-state index in [1.165, 1.54) is 0 Å². The van der Waals surface area contributed by atoms with Crippen molar-refractivity contribution >= 4 is 0 Å². The van der Waals surface area contributed by atoms with Crippen LogP contribution in [0.4, 0.5) is 17.6 Å². The van der Waals surface area contributed by atoms with Gasteiger partial charge in [-0.25, -0.2) is 4.39 Å². The molecule has 0 amide bonds. The highest BCUT2D eigenvalue weighted by molar-refractivity contribution is 5.21. The quantitative estimate of drug-likeness (QED) is 0.773. The van der Waals surface area contributed by atoms with Gasteiger partial charge in [0.1, 0.15) is 5.82 Å². The van der Waals surface area contributed by atoms with Crippen molar-refractivity contribution in [2.75, 3.05) is 13.1 Å². The van der Waals surface area contributed by atoms with Crippen LogP contribution in [0.5, 0.6) is 0 Å². The number of pyridine rings is 1. The molecule has 0 saturated carbocycles. The number of alkyl halides is 3. The predicted octanol–water partition coefficient (Wildman–Crippen LogP) is 2.71. The first-order chi connectivity index (χ1) is 7.98. The molecule has 0 radical (unpaired) electrons. The number of piperidine rings is 1. The monoisotopic (exact) mass is 248 g/mol. The Hall–Kier alpha value is -1.17. The van der Waals surface area contributed by atoms with E-state index < -0.39 is 17.6 Å². The van der Waals surface area contributed by atoms with E-state index in [0.717, 1.165) is 13.1 Å². The van der Waals surface area contributed by atoms with Crippen LogP contribution in [-0.2, 0) is 6.18 Å². The largest absolute Gasteiger partial charge is 0.417 e.